The summed E-state index contributed by atoms with van der Waals surface area (Å²) in [6.07, 6.45) is 5.88. The summed E-state index contributed by atoms with van der Waals surface area (Å²) in [7, 11) is 0. The Hall–Kier alpha value is -0.860. The summed E-state index contributed by atoms with van der Waals surface area (Å²) < 4.78 is 0. The van der Waals surface area contributed by atoms with E-state index in [4.69, 9.17) is 0 Å². The van der Waals surface area contributed by atoms with Crippen molar-refractivity contribution in [2.24, 2.45) is 0 Å². The smallest absolute Gasteiger partial charge is 0.0935 e. The Balaban J connectivity index is 1.88. The highest BCUT2D eigenvalue weighted by molar-refractivity contribution is 5.38. The van der Waals surface area contributed by atoms with Crippen LogP contribution in [0.25, 0.3) is 0 Å². The fraction of sp³-hybridized carbons (Fsp3) is 0.571. The van der Waals surface area contributed by atoms with E-state index in [1.165, 1.54) is 42.4 Å². The molecule has 3 rings (SSSR count). The Morgan fingerprint density at radius 2 is 2.00 bits per heavy atom. The number of benzene rings is 1. The zero-order chi connectivity index (χ0) is 11.0. The first-order chi connectivity index (χ1) is 7.77. The molecule has 1 aliphatic carbocycles. The molecule has 2 heteroatoms. The fourth-order valence-corrected chi connectivity index (χ4v) is 2.92. The molecular formula is C14H19NO. The molecule has 0 aromatic heterocycles. The second kappa shape index (κ2) is 3.86. The quantitative estimate of drug-likeness (QED) is 0.785. The Kier molecular flexibility index (Phi) is 2.49. The molecule has 0 atom stereocenters. The molecule has 0 spiro atoms. The van der Waals surface area contributed by atoms with Crippen LogP contribution < -0.4 is 5.32 Å². The first kappa shape index (κ1) is 10.3. The van der Waals surface area contributed by atoms with Crippen LogP contribution in [0, 0.1) is 0 Å². The van der Waals surface area contributed by atoms with Crippen molar-refractivity contribution in [3.05, 3.63) is 34.9 Å². The van der Waals surface area contributed by atoms with Gasteiger partial charge in [-0.05, 0) is 42.4 Å². The van der Waals surface area contributed by atoms with Crippen LogP contribution in [0.2, 0.25) is 0 Å². The third kappa shape index (κ3) is 1.76. The molecule has 2 aliphatic rings. The van der Waals surface area contributed by atoms with Gasteiger partial charge in [-0.15, -0.1) is 0 Å². The van der Waals surface area contributed by atoms with Crippen LogP contribution in [-0.2, 0) is 19.3 Å². The van der Waals surface area contributed by atoms with Gasteiger partial charge in [-0.25, -0.2) is 0 Å². The SMILES string of the molecule is OC1(Cc2cccc3c2CCCC3)CNC1. The maximum Gasteiger partial charge on any atom is 0.0935 e. The number of β-amino-alcohol motifs (C(OH)–C–C–N with tert-alkyl or cyclic N) is 1. The molecule has 1 saturated heterocycles. The van der Waals surface area contributed by atoms with Crippen LogP contribution in [-0.4, -0.2) is 23.8 Å². The first-order valence-electron chi connectivity index (χ1n) is 6.30. The Bertz CT molecular complexity index is 396. The Labute approximate surface area is 96.7 Å². The van der Waals surface area contributed by atoms with Crippen LogP contribution in [0.3, 0.4) is 0 Å². The lowest BCUT2D eigenvalue weighted by atomic mass is 9.82. The van der Waals surface area contributed by atoms with Gasteiger partial charge in [0.25, 0.3) is 0 Å². The zero-order valence-electron chi connectivity index (χ0n) is 9.63. The average Bonchev–Trinajstić information content (AvgIpc) is 2.27. The predicted molar refractivity (Wildman–Crippen MR) is 64.6 cm³/mol. The van der Waals surface area contributed by atoms with Crippen molar-refractivity contribution in [1.82, 2.24) is 5.32 Å². The molecule has 16 heavy (non-hydrogen) atoms. The van der Waals surface area contributed by atoms with E-state index in [0.29, 0.717) is 0 Å². The summed E-state index contributed by atoms with van der Waals surface area (Å²) in [5, 5.41) is 13.4. The highest BCUT2D eigenvalue weighted by Crippen LogP contribution is 2.28. The van der Waals surface area contributed by atoms with E-state index in [-0.39, 0.29) is 0 Å². The van der Waals surface area contributed by atoms with E-state index < -0.39 is 5.60 Å². The molecule has 0 saturated carbocycles. The van der Waals surface area contributed by atoms with Gasteiger partial charge in [0.1, 0.15) is 0 Å². The average molecular weight is 217 g/mol. The van der Waals surface area contributed by atoms with E-state index in [1.54, 1.807) is 0 Å². The van der Waals surface area contributed by atoms with Gasteiger partial charge < -0.3 is 10.4 Å². The first-order valence-corrected chi connectivity index (χ1v) is 6.30. The second-order valence-electron chi connectivity index (χ2n) is 5.27. The number of rotatable bonds is 2. The number of fused-ring (bicyclic) bond motifs is 1. The predicted octanol–water partition coefficient (Wildman–Crippen LogP) is 1.44. The third-order valence-electron chi connectivity index (χ3n) is 3.92. The van der Waals surface area contributed by atoms with Crippen molar-refractivity contribution in [2.75, 3.05) is 13.1 Å². The van der Waals surface area contributed by atoms with Crippen molar-refractivity contribution in [3.8, 4) is 0 Å². The van der Waals surface area contributed by atoms with E-state index in [1.807, 2.05) is 0 Å². The maximum absolute atomic E-state index is 10.2. The zero-order valence-corrected chi connectivity index (χ0v) is 9.63. The number of aryl methyl sites for hydroxylation is 1. The topological polar surface area (TPSA) is 32.3 Å². The number of aliphatic hydroxyl groups is 1. The molecular weight excluding hydrogens is 198 g/mol. The number of nitrogens with one attached hydrogen (secondary N) is 1. The van der Waals surface area contributed by atoms with Crippen LogP contribution >= 0.6 is 0 Å². The van der Waals surface area contributed by atoms with Crippen molar-refractivity contribution in [1.29, 1.82) is 0 Å². The molecule has 1 aliphatic heterocycles. The van der Waals surface area contributed by atoms with E-state index >= 15 is 0 Å². The van der Waals surface area contributed by atoms with Gasteiger partial charge in [-0.2, -0.15) is 0 Å². The van der Waals surface area contributed by atoms with Gasteiger partial charge in [0.15, 0.2) is 0 Å². The molecule has 86 valence electrons. The van der Waals surface area contributed by atoms with E-state index in [9.17, 15) is 5.11 Å². The van der Waals surface area contributed by atoms with Crippen molar-refractivity contribution in [3.63, 3.8) is 0 Å². The molecule has 1 aromatic rings. The van der Waals surface area contributed by atoms with Crippen molar-refractivity contribution < 1.29 is 5.11 Å². The molecule has 2 N–H and O–H groups in total. The van der Waals surface area contributed by atoms with Crippen LogP contribution in [0.1, 0.15) is 29.5 Å². The van der Waals surface area contributed by atoms with E-state index in [0.717, 1.165) is 19.5 Å². The summed E-state index contributed by atoms with van der Waals surface area (Å²) in [5.74, 6) is 0. The lowest BCUT2D eigenvalue weighted by Crippen LogP contribution is -2.60. The maximum atomic E-state index is 10.2. The fourth-order valence-electron chi connectivity index (χ4n) is 2.92. The minimum absolute atomic E-state index is 0.480. The molecule has 1 heterocycles. The standard InChI is InChI=1S/C14H19NO/c16-14(9-15-10-14)8-12-6-3-5-11-4-1-2-7-13(11)12/h3,5-6,15-16H,1-2,4,7-10H2. The minimum atomic E-state index is -0.480. The van der Waals surface area contributed by atoms with Crippen LogP contribution in [0.5, 0.6) is 0 Å². The van der Waals surface area contributed by atoms with Gasteiger partial charge in [0.2, 0.25) is 0 Å². The van der Waals surface area contributed by atoms with Gasteiger partial charge in [0, 0.05) is 19.5 Å². The molecule has 0 bridgehead atoms. The van der Waals surface area contributed by atoms with Gasteiger partial charge in [-0.1, -0.05) is 18.2 Å². The van der Waals surface area contributed by atoms with Crippen molar-refractivity contribution in [2.45, 2.75) is 37.7 Å². The molecule has 0 radical (unpaired) electrons. The molecule has 2 nitrogen and oxygen atoms in total. The second-order valence-corrected chi connectivity index (χ2v) is 5.27. The molecule has 0 unspecified atom stereocenters. The Morgan fingerprint density at radius 1 is 1.19 bits per heavy atom. The summed E-state index contributed by atoms with van der Waals surface area (Å²) in [6, 6.07) is 6.59. The highest BCUT2D eigenvalue weighted by Gasteiger charge is 2.35. The highest BCUT2D eigenvalue weighted by atomic mass is 16.3. The van der Waals surface area contributed by atoms with Crippen LogP contribution in [0.15, 0.2) is 18.2 Å². The molecule has 0 amide bonds. The number of hydrogen-bond acceptors (Lipinski definition) is 2. The van der Waals surface area contributed by atoms with Gasteiger partial charge >= 0.3 is 0 Å². The third-order valence-corrected chi connectivity index (χ3v) is 3.92. The normalized spacial score (nSPS) is 22.3. The largest absolute Gasteiger partial charge is 0.387 e. The van der Waals surface area contributed by atoms with E-state index in [2.05, 4.69) is 23.5 Å². The molecule has 1 fully saturated rings. The Morgan fingerprint density at radius 3 is 2.75 bits per heavy atom. The van der Waals surface area contributed by atoms with Gasteiger partial charge in [-0.3, -0.25) is 0 Å². The summed E-state index contributed by atoms with van der Waals surface area (Å²) in [6.45, 7) is 1.49. The lowest BCUT2D eigenvalue weighted by Gasteiger charge is -2.38. The summed E-state index contributed by atoms with van der Waals surface area (Å²) in [5.41, 5.74) is 3.93. The van der Waals surface area contributed by atoms with Gasteiger partial charge in [0.05, 0.1) is 5.60 Å². The van der Waals surface area contributed by atoms with Crippen LogP contribution in [0.4, 0.5) is 0 Å². The minimum Gasteiger partial charge on any atom is -0.387 e. The monoisotopic (exact) mass is 217 g/mol. The number of hydrogen-bond donors (Lipinski definition) is 2. The molecule has 1 aromatic carbocycles. The summed E-state index contributed by atoms with van der Waals surface area (Å²) >= 11 is 0. The summed E-state index contributed by atoms with van der Waals surface area (Å²) in [4.78, 5) is 0. The lowest BCUT2D eigenvalue weighted by molar-refractivity contribution is -0.00921. The van der Waals surface area contributed by atoms with Crippen molar-refractivity contribution >= 4 is 0 Å².